The highest BCUT2D eigenvalue weighted by molar-refractivity contribution is 7.82. The first-order valence-electron chi connectivity index (χ1n) is 12.1. The Balaban J connectivity index is 1.54. The summed E-state index contributed by atoms with van der Waals surface area (Å²) in [5, 5.41) is 10.5. The number of ether oxygens (including phenoxy) is 1. The minimum absolute atomic E-state index is 0.127. The fourth-order valence-electron chi connectivity index (χ4n) is 8.50. The van der Waals surface area contributed by atoms with Crippen LogP contribution in [0.3, 0.4) is 0 Å². The smallest absolute Gasteiger partial charge is 0.393 e. The maximum absolute atomic E-state index is 13.0. The third-order valence-corrected chi connectivity index (χ3v) is 10.9. The molecule has 5 rings (SSSR count). The van der Waals surface area contributed by atoms with Gasteiger partial charge in [0.1, 0.15) is 5.60 Å². The predicted molar refractivity (Wildman–Crippen MR) is 117 cm³/mol. The molecule has 0 aromatic heterocycles. The number of hydrogen-bond donors (Lipinski definition) is 1. The van der Waals surface area contributed by atoms with Crippen LogP contribution in [0.15, 0.2) is 11.6 Å². The predicted octanol–water partition coefficient (Wildman–Crippen LogP) is 3.66. The highest BCUT2D eigenvalue weighted by Gasteiger charge is 2.74. The van der Waals surface area contributed by atoms with Gasteiger partial charge in [-0.25, -0.2) is 8.37 Å². The Morgan fingerprint density at radius 1 is 1.22 bits per heavy atom. The summed E-state index contributed by atoms with van der Waals surface area (Å²) in [6.45, 7) is 8.63. The molecule has 1 heterocycles. The summed E-state index contributed by atoms with van der Waals surface area (Å²) >= 11 is 0. The van der Waals surface area contributed by atoms with Crippen LogP contribution in [0.2, 0.25) is 0 Å². The third-order valence-electron chi connectivity index (χ3n) is 9.95. The lowest BCUT2D eigenvalue weighted by molar-refractivity contribution is -0.296. The second kappa shape index (κ2) is 7.11. The molecule has 4 fully saturated rings. The molecule has 0 aromatic rings. The molecule has 7 nitrogen and oxygen atoms in total. The molecule has 1 saturated heterocycles. The number of carbonyl (C=O) groups is 1. The number of aliphatic hydroxyl groups is 1. The SMILES string of the molecule is CCCO[C@@]1(C(C)=O)CCC2C3CC=C4C[C@H](O)CC5(OS(=O)(=O)O5)[C@]4(C)C3CC[C@@]21C. The molecule has 0 bridgehead atoms. The average Bonchev–Trinajstić information content (AvgIpc) is 2.99. The molecule has 3 saturated carbocycles. The molecule has 0 amide bonds. The van der Waals surface area contributed by atoms with Crippen LogP contribution in [-0.4, -0.2) is 43.4 Å². The summed E-state index contributed by atoms with van der Waals surface area (Å²) in [7, 11) is -4.01. The van der Waals surface area contributed by atoms with E-state index in [1.54, 1.807) is 6.92 Å². The first kappa shape index (κ1) is 23.0. The van der Waals surface area contributed by atoms with Gasteiger partial charge in [-0.1, -0.05) is 32.4 Å². The molecule has 7 atom stereocenters. The zero-order valence-corrected chi connectivity index (χ0v) is 20.4. The van der Waals surface area contributed by atoms with E-state index in [4.69, 9.17) is 13.1 Å². The van der Waals surface area contributed by atoms with E-state index in [1.807, 2.05) is 0 Å². The lowest BCUT2D eigenvalue weighted by atomic mass is 9.45. The monoisotopic (exact) mass is 468 g/mol. The Kier molecular flexibility index (Phi) is 5.10. The van der Waals surface area contributed by atoms with Crippen LogP contribution >= 0.6 is 0 Å². The van der Waals surface area contributed by atoms with E-state index < -0.39 is 33.3 Å². The first-order valence-corrected chi connectivity index (χ1v) is 13.5. The molecule has 8 heteroatoms. The number of ketones is 1. The van der Waals surface area contributed by atoms with Gasteiger partial charge in [-0.3, -0.25) is 4.79 Å². The van der Waals surface area contributed by atoms with Gasteiger partial charge >= 0.3 is 10.4 Å². The lowest BCUT2D eigenvalue weighted by Gasteiger charge is -2.64. The van der Waals surface area contributed by atoms with Crippen molar-refractivity contribution in [3.05, 3.63) is 11.6 Å². The lowest BCUT2D eigenvalue weighted by Crippen LogP contribution is -2.69. The van der Waals surface area contributed by atoms with Crippen LogP contribution in [0.25, 0.3) is 0 Å². The molecular formula is C24H36O7S. The number of rotatable bonds is 4. The standard InChI is InChI=1S/C24H36O7S/c1-5-12-29-23(15(2)25)11-9-19-18-7-6-16-13-17(26)14-24(30-32(27,28)31-24)22(16,4)20(18)8-10-21(19,23)3/h6,17-20,26H,5,7-14H2,1-4H3/t17-,18?,19?,20?,21-,22-,23+/m0/s1. The molecule has 4 aliphatic carbocycles. The Bertz CT molecular complexity index is 945. The average molecular weight is 469 g/mol. The van der Waals surface area contributed by atoms with Crippen molar-refractivity contribution in [2.24, 2.45) is 28.6 Å². The molecule has 180 valence electrons. The largest absolute Gasteiger partial charge is 0.405 e. The summed E-state index contributed by atoms with van der Waals surface area (Å²) in [5.74, 6) is -0.450. The molecule has 32 heavy (non-hydrogen) atoms. The summed E-state index contributed by atoms with van der Waals surface area (Å²) in [5.41, 5.74) is -0.551. The minimum Gasteiger partial charge on any atom is -0.393 e. The Labute approximate surface area is 191 Å². The summed E-state index contributed by atoms with van der Waals surface area (Å²) in [6, 6.07) is 0. The van der Waals surface area contributed by atoms with Crippen LogP contribution in [0.4, 0.5) is 0 Å². The van der Waals surface area contributed by atoms with Crippen molar-refractivity contribution in [3.8, 4) is 0 Å². The Morgan fingerprint density at radius 3 is 2.53 bits per heavy atom. The van der Waals surface area contributed by atoms with Gasteiger partial charge in [-0.15, -0.1) is 0 Å². The van der Waals surface area contributed by atoms with E-state index in [1.165, 1.54) is 0 Å². The molecular weight excluding hydrogens is 432 g/mol. The maximum atomic E-state index is 13.0. The van der Waals surface area contributed by atoms with Crippen molar-refractivity contribution in [2.45, 2.75) is 96.6 Å². The van der Waals surface area contributed by atoms with Crippen LogP contribution < -0.4 is 0 Å². The van der Waals surface area contributed by atoms with Crippen LogP contribution in [0.1, 0.15) is 79.1 Å². The van der Waals surface area contributed by atoms with Crippen molar-refractivity contribution in [1.29, 1.82) is 0 Å². The maximum Gasteiger partial charge on any atom is 0.405 e. The first-order chi connectivity index (χ1) is 14.9. The van der Waals surface area contributed by atoms with Gasteiger partial charge in [-0.2, -0.15) is 8.42 Å². The van der Waals surface area contributed by atoms with E-state index in [0.29, 0.717) is 18.9 Å². The molecule has 3 unspecified atom stereocenters. The molecule has 1 aliphatic heterocycles. The zero-order chi connectivity index (χ0) is 23.2. The third kappa shape index (κ3) is 2.73. The van der Waals surface area contributed by atoms with Crippen LogP contribution in [0.5, 0.6) is 0 Å². The van der Waals surface area contributed by atoms with Crippen molar-refractivity contribution in [1.82, 2.24) is 0 Å². The number of fused-ring (bicyclic) bond motifs is 6. The van der Waals surface area contributed by atoms with E-state index >= 15 is 0 Å². The van der Waals surface area contributed by atoms with Gasteiger partial charge in [0.15, 0.2) is 5.78 Å². The number of hydrogen-bond acceptors (Lipinski definition) is 7. The van der Waals surface area contributed by atoms with Crippen molar-refractivity contribution < 1.29 is 31.4 Å². The van der Waals surface area contributed by atoms with Gasteiger partial charge in [0, 0.05) is 23.9 Å². The van der Waals surface area contributed by atoms with Gasteiger partial charge < -0.3 is 9.84 Å². The van der Waals surface area contributed by atoms with Crippen molar-refractivity contribution in [3.63, 3.8) is 0 Å². The summed E-state index contributed by atoms with van der Waals surface area (Å²) in [4.78, 5) is 13.0. The van der Waals surface area contributed by atoms with Crippen molar-refractivity contribution in [2.75, 3.05) is 6.61 Å². The number of carbonyl (C=O) groups excluding carboxylic acids is 1. The molecule has 0 aromatic carbocycles. The van der Waals surface area contributed by atoms with Crippen molar-refractivity contribution >= 4 is 16.2 Å². The molecule has 5 aliphatic rings. The summed E-state index contributed by atoms with van der Waals surface area (Å²) < 4.78 is 41.2. The van der Waals surface area contributed by atoms with Gasteiger partial charge in [0.2, 0.25) is 5.79 Å². The Morgan fingerprint density at radius 2 is 1.91 bits per heavy atom. The highest BCUT2D eigenvalue weighted by atomic mass is 32.3. The number of Topliss-reactive ketones (excluding diaryl/α,β-unsaturated/α-hetero) is 1. The molecule has 1 spiro atoms. The highest BCUT2D eigenvalue weighted by Crippen LogP contribution is 2.71. The van der Waals surface area contributed by atoms with E-state index in [2.05, 4.69) is 26.8 Å². The van der Waals surface area contributed by atoms with E-state index in [0.717, 1.165) is 44.1 Å². The number of aliphatic hydroxyl groups excluding tert-OH is 1. The summed E-state index contributed by atoms with van der Waals surface area (Å²) in [6.07, 6.45) is 7.28. The topological polar surface area (TPSA) is 99.1 Å². The normalized spacial score (nSPS) is 48.2. The fraction of sp³-hybridized carbons (Fsp3) is 0.875. The van der Waals surface area contributed by atoms with E-state index in [-0.39, 0.29) is 29.5 Å². The minimum atomic E-state index is -4.01. The number of allylic oxidation sites excluding steroid dienone is 1. The fourth-order valence-corrected chi connectivity index (χ4v) is 9.66. The van der Waals surface area contributed by atoms with E-state index in [9.17, 15) is 18.3 Å². The second-order valence-electron chi connectivity index (χ2n) is 11.2. The second-order valence-corrected chi connectivity index (χ2v) is 12.3. The quantitative estimate of drug-likeness (QED) is 0.629. The molecule has 0 radical (unpaired) electrons. The Hall–Kier alpha value is -0.800. The van der Waals surface area contributed by atoms with Gasteiger partial charge in [0.05, 0.1) is 6.10 Å². The zero-order valence-electron chi connectivity index (χ0n) is 19.6. The van der Waals surface area contributed by atoms with Crippen LogP contribution in [0, 0.1) is 28.6 Å². The van der Waals surface area contributed by atoms with Crippen LogP contribution in [-0.2, 0) is 28.3 Å². The molecule has 1 N–H and O–H groups in total. The van der Waals surface area contributed by atoms with Gasteiger partial charge in [-0.05, 0) is 69.6 Å². The van der Waals surface area contributed by atoms with Gasteiger partial charge in [0.25, 0.3) is 0 Å².